The molecule has 5 nitrogen and oxygen atoms in total. The predicted octanol–water partition coefficient (Wildman–Crippen LogP) is 2.40. The maximum atomic E-state index is 12.1. The van der Waals surface area contributed by atoms with Crippen molar-refractivity contribution >= 4 is 27.3 Å². The predicted molar refractivity (Wildman–Crippen MR) is 88.4 cm³/mol. The first kappa shape index (κ1) is 16.0. The second kappa shape index (κ2) is 6.62. The number of rotatable bonds is 5. The van der Waals surface area contributed by atoms with Crippen LogP contribution in [0.3, 0.4) is 0 Å². The summed E-state index contributed by atoms with van der Waals surface area (Å²) in [6.45, 7) is 1.68. The largest absolute Gasteiger partial charge is 0.325 e. The molecule has 0 fully saturated rings. The Morgan fingerprint density at radius 1 is 1.05 bits per heavy atom. The minimum absolute atomic E-state index is 0.267. The molecule has 0 unspecified atom stereocenters. The first-order valence-corrected chi connectivity index (χ1v) is 8.60. The number of carbonyl (C=O) groups excluding carboxylic acids is 1. The molecule has 0 aromatic heterocycles. The van der Waals surface area contributed by atoms with Crippen molar-refractivity contribution in [3.63, 3.8) is 0 Å². The molecule has 0 aliphatic carbocycles. The molecule has 2 aromatic rings. The first-order valence-electron chi connectivity index (χ1n) is 6.75. The van der Waals surface area contributed by atoms with Crippen molar-refractivity contribution in [2.45, 2.75) is 6.92 Å². The number of anilines is 2. The van der Waals surface area contributed by atoms with Crippen LogP contribution in [0.2, 0.25) is 0 Å². The molecule has 0 atom stereocenters. The third-order valence-electron chi connectivity index (χ3n) is 3.07. The number of hydrogen-bond donors (Lipinski definition) is 1. The molecule has 0 aliphatic heterocycles. The second-order valence-electron chi connectivity index (χ2n) is 5.02. The van der Waals surface area contributed by atoms with E-state index in [-0.39, 0.29) is 6.54 Å². The van der Waals surface area contributed by atoms with E-state index in [0.29, 0.717) is 11.4 Å². The Balaban J connectivity index is 2.14. The Morgan fingerprint density at radius 3 is 2.18 bits per heavy atom. The highest BCUT2D eigenvalue weighted by Crippen LogP contribution is 2.17. The smallest absolute Gasteiger partial charge is 0.245 e. The molecule has 2 rings (SSSR count). The van der Waals surface area contributed by atoms with Gasteiger partial charge in [-0.2, -0.15) is 0 Å². The summed E-state index contributed by atoms with van der Waals surface area (Å²) in [6.07, 6.45) is 1.08. The van der Waals surface area contributed by atoms with Gasteiger partial charge in [0.15, 0.2) is 0 Å². The minimum atomic E-state index is -3.54. The number of benzene rings is 2. The van der Waals surface area contributed by atoms with Gasteiger partial charge < -0.3 is 5.32 Å². The first-order chi connectivity index (χ1) is 10.4. The normalized spacial score (nSPS) is 11.0. The van der Waals surface area contributed by atoms with Crippen LogP contribution in [0.4, 0.5) is 11.4 Å². The van der Waals surface area contributed by atoms with Gasteiger partial charge in [-0.05, 0) is 31.2 Å². The van der Waals surface area contributed by atoms with Crippen molar-refractivity contribution in [2.75, 3.05) is 22.4 Å². The van der Waals surface area contributed by atoms with Crippen molar-refractivity contribution in [3.8, 4) is 0 Å². The van der Waals surface area contributed by atoms with Crippen LogP contribution in [0.5, 0.6) is 0 Å². The molecule has 2 aromatic carbocycles. The van der Waals surface area contributed by atoms with Gasteiger partial charge in [-0.1, -0.05) is 35.9 Å². The Labute approximate surface area is 130 Å². The van der Waals surface area contributed by atoms with E-state index in [1.165, 1.54) is 0 Å². The minimum Gasteiger partial charge on any atom is -0.325 e. The lowest BCUT2D eigenvalue weighted by Crippen LogP contribution is -2.37. The molecular weight excluding hydrogens is 300 g/mol. The standard InChI is InChI=1S/C16H18N2O3S/c1-13-8-10-14(11-9-13)17-16(19)12-18(22(2,20)21)15-6-4-3-5-7-15/h3-11H,12H2,1-2H3,(H,17,19). The van der Waals surface area contributed by atoms with Crippen molar-refractivity contribution < 1.29 is 13.2 Å². The van der Waals surface area contributed by atoms with Gasteiger partial charge in [0.1, 0.15) is 6.54 Å². The zero-order valence-electron chi connectivity index (χ0n) is 12.5. The number of carbonyl (C=O) groups is 1. The number of para-hydroxylation sites is 1. The fourth-order valence-electron chi connectivity index (χ4n) is 1.96. The van der Waals surface area contributed by atoms with Crippen molar-refractivity contribution in [3.05, 3.63) is 60.2 Å². The second-order valence-corrected chi connectivity index (χ2v) is 6.93. The van der Waals surface area contributed by atoms with Gasteiger partial charge in [-0.25, -0.2) is 8.42 Å². The van der Waals surface area contributed by atoms with Gasteiger partial charge in [0.2, 0.25) is 15.9 Å². The maximum absolute atomic E-state index is 12.1. The highest BCUT2D eigenvalue weighted by atomic mass is 32.2. The van der Waals surface area contributed by atoms with E-state index in [9.17, 15) is 13.2 Å². The topological polar surface area (TPSA) is 66.5 Å². The summed E-state index contributed by atoms with van der Waals surface area (Å²) in [4.78, 5) is 12.1. The summed E-state index contributed by atoms with van der Waals surface area (Å²) in [7, 11) is -3.54. The Kier molecular flexibility index (Phi) is 4.82. The molecule has 0 spiro atoms. The average Bonchev–Trinajstić information content (AvgIpc) is 2.47. The van der Waals surface area contributed by atoms with Gasteiger partial charge in [-0.3, -0.25) is 9.10 Å². The number of amides is 1. The third-order valence-corrected chi connectivity index (χ3v) is 4.21. The summed E-state index contributed by atoms with van der Waals surface area (Å²) >= 11 is 0. The van der Waals surface area contributed by atoms with Crippen LogP contribution < -0.4 is 9.62 Å². The van der Waals surface area contributed by atoms with Gasteiger partial charge in [-0.15, -0.1) is 0 Å². The van der Waals surface area contributed by atoms with E-state index >= 15 is 0 Å². The summed E-state index contributed by atoms with van der Waals surface area (Å²) in [6, 6.07) is 15.9. The molecule has 0 saturated heterocycles. The van der Waals surface area contributed by atoms with Gasteiger partial charge in [0, 0.05) is 5.69 Å². The van der Waals surface area contributed by atoms with Crippen LogP contribution in [0.25, 0.3) is 0 Å². The molecule has 116 valence electrons. The lowest BCUT2D eigenvalue weighted by Gasteiger charge is -2.21. The van der Waals surface area contributed by atoms with Gasteiger partial charge >= 0.3 is 0 Å². The van der Waals surface area contributed by atoms with Crippen LogP contribution in [0.15, 0.2) is 54.6 Å². The number of nitrogens with one attached hydrogen (secondary N) is 1. The summed E-state index contributed by atoms with van der Waals surface area (Å²) in [5, 5.41) is 2.70. The molecule has 1 N–H and O–H groups in total. The summed E-state index contributed by atoms with van der Waals surface area (Å²) in [5.74, 6) is -0.391. The van der Waals surface area contributed by atoms with E-state index in [1.54, 1.807) is 42.5 Å². The molecular formula is C16H18N2O3S. The Morgan fingerprint density at radius 2 is 1.64 bits per heavy atom. The zero-order chi connectivity index (χ0) is 16.2. The molecule has 1 amide bonds. The molecule has 0 bridgehead atoms. The number of aryl methyl sites for hydroxylation is 1. The average molecular weight is 318 g/mol. The molecule has 0 aliphatic rings. The van der Waals surface area contributed by atoms with E-state index in [0.717, 1.165) is 16.1 Å². The van der Waals surface area contributed by atoms with Crippen molar-refractivity contribution in [2.24, 2.45) is 0 Å². The van der Waals surface area contributed by atoms with E-state index < -0.39 is 15.9 Å². The van der Waals surface area contributed by atoms with Crippen molar-refractivity contribution in [1.29, 1.82) is 0 Å². The number of nitrogens with zero attached hydrogens (tertiary/aromatic N) is 1. The highest BCUT2D eigenvalue weighted by molar-refractivity contribution is 7.92. The highest BCUT2D eigenvalue weighted by Gasteiger charge is 2.20. The summed E-state index contributed by atoms with van der Waals surface area (Å²) in [5.41, 5.74) is 2.18. The zero-order valence-corrected chi connectivity index (χ0v) is 13.3. The fourth-order valence-corrected chi connectivity index (χ4v) is 2.82. The fraction of sp³-hybridized carbons (Fsp3) is 0.188. The molecule has 0 saturated carbocycles. The quantitative estimate of drug-likeness (QED) is 0.920. The van der Waals surface area contributed by atoms with Crippen LogP contribution >= 0.6 is 0 Å². The van der Waals surface area contributed by atoms with Gasteiger partial charge in [0.25, 0.3) is 0 Å². The third kappa shape index (κ3) is 4.33. The Hall–Kier alpha value is -2.34. The van der Waals surface area contributed by atoms with E-state index in [4.69, 9.17) is 0 Å². The lowest BCUT2D eigenvalue weighted by molar-refractivity contribution is -0.114. The molecule has 22 heavy (non-hydrogen) atoms. The van der Waals surface area contributed by atoms with E-state index in [1.807, 2.05) is 19.1 Å². The van der Waals surface area contributed by atoms with Crippen LogP contribution in [-0.4, -0.2) is 27.1 Å². The van der Waals surface area contributed by atoms with E-state index in [2.05, 4.69) is 5.32 Å². The number of hydrogen-bond acceptors (Lipinski definition) is 3. The summed E-state index contributed by atoms with van der Waals surface area (Å²) < 4.78 is 24.9. The van der Waals surface area contributed by atoms with Gasteiger partial charge in [0.05, 0.1) is 11.9 Å². The number of sulfonamides is 1. The maximum Gasteiger partial charge on any atom is 0.245 e. The van der Waals surface area contributed by atoms with Crippen LogP contribution in [0.1, 0.15) is 5.56 Å². The van der Waals surface area contributed by atoms with Crippen LogP contribution in [0, 0.1) is 6.92 Å². The SMILES string of the molecule is Cc1ccc(NC(=O)CN(c2ccccc2)S(C)(=O)=O)cc1. The molecule has 0 heterocycles. The van der Waals surface area contributed by atoms with Crippen molar-refractivity contribution in [1.82, 2.24) is 0 Å². The Bertz CT molecular complexity index is 741. The van der Waals surface area contributed by atoms with Crippen LogP contribution in [-0.2, 0) is 14.8 Å². The monoisotopic (exact) mass is 318 g/mol. The lowest BCUT2D eigenvalue weighted by atomic mass is 10.2. The molecule has 6 heteroatoms. The molecule has 0 radical (unpaired) electrons.